The molecular weight excluding hydrogens is 443 g/mol. The first-order valence-electron chi connectivity index (χ1n) is 9.63. The molecule has 5 rings (SSSR count). The molecule has 0 amide bonds. The molecule has 0 aliphatic heterocycles. The third kappa shape index (κ3) is 3.73. The third-order valence-electron chi connectivity index (χ3n) is 5.22. The standard InChI is InChI=1S/C22H17Cl3N4O/c1-12-20(22-26-19(28-30-22)10-13-2-3-13)27-29(18-9-8-16(24)11-17(18)25)21(12)14-4-6-15(23)7-5-14/h4-9,11,13H,2-3,10H2,1H3. The Morgan fingerprint density at radius 3 is 2.47 bits per heavy atom. The predicted molar refractivity (Wildman–Crippen MR) is 118 cm³/mol. The van der Waals surface area contributed by atoms with Crippen molar-refractivity contribution in [2.45, 2.75) is 26.2 Å². The lowest BCUT2D eigenvalue weighted by Crippen LogP contribution is -2.00. The zero-order valence-electron chi connectivity index (χ0n) is 16.1. The minimum atomic E-state index is 0.405. The van der Waals surface area contributed by atoms with Crippen LogP contribution in [0.5, 0.6) is 0 Å². The second-order valence-corrected chi connectivity index (χ2v) is 8.78. The molecule has 8 heteroatoms. The van der Waals surface area contributed by atoms with Crippen LogP contribution in [0.4, 0.5) is 0 Å². The molecule has 0 spiro atoms. The van der Waals surface area contributed by atoms with Crippen molar-refractivity contribution in [1.29, 1.82) is 0 Å². The van der Waals surface area contributed by atoms with E-state index >= 15 is 0 Å². The highest BCUT2D eigenvalue weighted by Gasteiger charge is 2.27. The van der Waals surface area contributed by atoms with Gasteiger partial charge in [0.05, 0.1) is 16.4 Å². The van der Waals surface area contributed by atoms with Gasteiger partial charge >= 0.3 is 0 Å². The van der Waals surface area contributed by atoms with Crippen LogP contribution in [0.2, 0.25) is 15.1 Å². The zero-order chi connectivity index (χ0) is 20.8. The number of hydrogen-bond acceptors (Lipinski definition) is 4. The molecule has 0 saturated heterocycles. The summed E-state index contributed by atoms with van der Waals surface area (Å²) in [7, 11) is 0. The Kier molecular flexibility index (Phi) is 5.05. The van der Waals surface area contributed by atoms with Crippen LogP contribution in [0.25, 0.3) is 28.5 Å². The van der Waals surface area contributed by atoms with Gasteiger partial charge in [0.15, 0.2) is 11.5 Å². The number of halogens is 3. The fourth-order valence-corrected chi connectivity index (χ4v) is 4.10. The molecule has 5 nitrogen and oxygen atoms in total. The van der Waals surface area contributed by atoms with Crippen LogP contribution < -0.4 is 0 Å². The Balaban J connectivity index is 1.67. The van der Waals surface area contributed by atoms with Crippen molar-refractivity contribution >= 4 is 34.8 Å². The second kappa shape index (κ2) is 7.73. The molecule has 0 atom stereocenters. The van der Waals surface area contributed by atoms with E-state index in [4.69, 9.17) is 44.4 Å². The normalized spacial score (nSPS) is 13.7. The Morgan fingerprint density at radius 2 is 1.77 bits per heavy atom. The molecule has 0 N–H and O–H groups in total. The Labute approximate surface area is 188 Å². The molecule has 1 aliphatic rings. The van der Waals surface area contributed by atoms with Crippen molar-refractivity contribution < 1.29 is 4.52 Å². The first-order valence-corrected chi connectivity index (χ1v) is 10.8. The van der Waals surface area contributed by atoms with E-state index < -0.39 is 0 Å². The highest BCUT2D eigenvalue weighted by Crippen LogP contribution is 2.37. The third-order valence-corrected chi connectivity index (χ3v) is 6.01. The molecule has 0 radical (unpaired) electrons. The first-order chi connectivity index (χ1) is 14.5. The van der Waals surface area contributed by atoms with E-state index in [1.54, 1.807) is 16.8 Å². The quantitative estimate of drug-likeness (QED) is 0.329. The van der Waals surface area contributed by atoms with Crippen molar-refractivity contribution in [1.82, 2.24) is 19.9 Å². The lowest BCUT2D eigenvalue weighted by atomic mass is 10.1. The van der Waals surface area contributed by atoms with Crippen molar-refractivity contribution in [3.63, 3.8) is 0 Å². The van der Waals surface area contributed by atoms with Gasteiger partial charge < -0.3 is 4.52 Å². The summed E-state index contributed by atoms with van der Waals surface area (Å²) in [6.07, 6.45) is 3.30. The lowest BCUT2D eigenvalue weighted by Gasteiger charge is -2.11. The van der Waals surface area contributed by atoms with Gasteiger partial charge in [0, 0.05) is 27.6 Å². The summed E-state index contributed by atoms with van der Waals surface area (Å²) >= 11 is 18.7. The van der Waals surface area contributed by atoms with E-state index in [-0.39, 0.29) is 0 Å². The monoisotopic (exact) mass is 458 g/mol. The number of nitrogens with zero attached hydrogens (tertiary/aromatic N) is 4. The SMILES string of the molecule is Cc1c(-c2nc(CC3CC3)no2)nn(-c2ccc(Cl)cc2Cl)c1-c1ccc(Cl)cc1. The summed E-state index contributed by atoms with van der Waals surface area (Å²) < 4.78 is 7.35. The Morgan fingerprint density at radius 1 is 1.03 bits per heavy atom. The predicted octanol–water partition coefficient (Wildman–Crippen LogP) is 6.81. The maximum absolute atomic E-state index is 6.51. The highest BCUT2D eigenvalue weighted by molar-refractivity contribution is 6.35. The molecule has 4 aromatic rings. The van der Waals surface area contributed by atoms with Crippen molar-refractivity contribution in [3.05, 3.63) is 68.9 Å². The van der Waals surface area contributed by atoms with Gasteiger partial charge in [-0.05, 0) is 56.0 Å². The van der Waals surface area contributed by atoms with Crippen LogP contribution in [0.1, 0.15) is 24.2 Å². The van der Waals surface area contributed by atoms with Crippen LogP contribution in [0, 0.1) is 12.8 Å². The molecule has 2 heterocycles. The highest BCUT2D eigenvalue weighted by atomic mass is 35.5. The minimum absolute atomic E-state index is 0.405. The molecule has 1 aliphatic carbocycles. The summed E-state index contributed by atoms with van der Waals surface area (Å²) in [6, 6.07) is 12.9. The first kappa shape index (κ1) is 19.6. The second-order valence-electron chi connectivity index (χ2n) is 7.50. The van der Waals surface area contributed by atoms with Gasteiger partial charge in [-0.15, -0.1) is 0 Å². The van der Waals surface area contributed by atoms with Crippen LogP contribution in [0.3, 0.4) is 0 Å². The van der Waals surface area contributed by atoms with Gasteiger partial charge in [-0.1, -0.05) is 52.1 Å². The molecule has 1 saturated carbocycles. The molecule has 2 aromatic heterocycles. The summed E-state index contributed by atoms with van der Waals surface area (Å²) in [6.45, 7) is 1.98. The smallest absolute Gasteiger partial charge is 0.278 e. The van der Waals surface area contributed by atoms with Gasteiger partial charge in [0.2, 0.25) is 0 Å². The van der Waals surface area contributed by atoms with Crippen molar-refractivity contribution in [3.8, 4) is 28.5 Å². The molecule has 0 unspecified atom stereocenters. The topological polar surface area (TPSA) is 56.7 Å². The summed E-state index contributed by atoms with van der Waals surface area (Å²) in [5.41, 5.74) is 4.05. The van der Waals surface area contributed by atoms with E-state index in [2.05, 4.69) is 10.1 Å². The average molecular weight is 460 g/mol. The summed E-state index contributed by atoms with van der Waals surface area (Å²) in [5.74, 6) is 1.80. The fraction of sp³-hybridized carbons (Fsp3) is 0.227. The minimum Gasteiger partial charge on any atom is -0.332 e. The van der Waals surface area contributed by atoms with Crippen molar-refractivity contribution in [2.75, 3.05) is 0 Å². The Hall–Kier alpha value is -2.34. The molecule has 152 valence electrons. The van der Waals surface area contributed by atoms with Gasteiger partial charge in [0.25, 0.3) is 5.89 Å². The fourth-order valence-electron chi connectivity index (χ4n) is 3.49. The van der Waals surface area contributed by atoms with Crippen LogP contribution in [-0.2, 0) is 6.42 Å². The zero-order valence-corrected chi connectivity index (χ0v) is 18.3. The van der Waals surface area contributed by atoms with E-state index in [1.807, 2.05) is 37.3 Å². The van der Waals surface area contributed by atoms with E-state index in [1.165, 1.54) is 12.8 Å². The van der Waals surface area contributed by atoms with Gasteiger partial charge in [-0.25, -0.2) is 4.68 Å². The summed E-state index contributed by atoms with van der Waals surface area (Å²) in [5, 5.41) is 10.7. The maximum Gasteiger partial charge on any atom is 0.278 e. The average Bonchev–Trinajstić information content (AvgIpc) is 3.30. The van der Waals surface area contributed by atoms with E-state index in [0.29, 0.717) is 38.3 Å². The van der Waals surface area contributed by atoms with E-state index in [0.717, 1.165) is 29.1 Å². The van der Waals surface area contributed by atoms with Gasteiger partial charge in [-0.2, -0.15) is 10.1 Å². The number of hydrogen-bond donors (Lipinski definition) is 0. The van der Waals surface area contributed by atoms with Crippen LogP contribution >= 0.6 is 34.8 Å². The van der Waals surface area contributed by atoms with Gasteiger partial charge in [-0.3, -0.25) is 0 Å². The number of rotatable bonds is 5. The van der Waals surface area contributed by atoms with E-state index in [9.17, 15) is 0 Å². The van der Waals surface area contributed by atoms with Crippen LogP contribution in [-0.4, -0.2) is 19.9 Å². The summed E-state index contributed by atoms with van der Waals surface area (Å²) in [4.78, 5) is 4.59. The largest absolute Gasteiger partial charge is 0.332 e. The molecule has 2 aromatic carbocycles. The number of benzene rings is 2. The molecule has 1 fully saturated rings. The Bertz CT molecular complexity index is 1230. The number of aromatic nitrogens is 4. The molecule has 30 heavy (non-hydrogen) atoms. The van der Waals surface area contributed by atoms with Gasteiger partial charge in [0.1, 0.15) is 0 Å². The lowest BCUT2D eigenvalue weighted by molar-refractivity contribution is 0.419. The maximum atomic E-state index is 6.51. The van der Waals surface area contributed by atoms with Crippen LogP contribution in [0.15, 0.2) is 47.0 Å². The van der Waals surface area contributed by atoms with Crippen molar-refractivity contribution in [2.24, 2.45) is 5.92 Å². The molecular formula is C22H17Cl3N4O. The molecule has 0 bridgehead atoms.